The van der Waals surface area contributed by atoms with Crippen molar-refractivity contribution in [1.82, 2.24) is 0 Å². The topological polar surface area (TPSA) is 49.7 Å². The fraction of sp³-hybridized carbons (Fsp3) is 1.00. The zero-order chi connectivity index (χ0) is 15.1. The van der Waals surface area contributed by atoms with Crippen LogP contribution >= 0.6 is 0 Å². The lowest BCUT2D eigenvalue weighted by atomic mass is 10.0. The highest BCUT2D eigenvalue weighted by Crippen LogP contribution is 2.12. The van der Waals surface area contributed by atoms with Gasteiger partial charge in [-0.25, -0.2) is 0 Å². The van der Waals surface area contributed by atoms with E-state index in [1.54, 1.807) is 0 Å². The van der Waals surface area contributed by atoms with Gasteiger partial charge in [0.05, 0.1) is 19.3 Å². The van der Waals surface area contributed by atoms with Crippen molar-refractivity contribution in [2.45, 2.75) is 96.7 Å². The summed E-state index contributed by atoms with van der Waals surface area (Å²) < 4.78 is 5.47. The Morgan fingerprint density at radius 1 is 0.850 bits per heavy atom. The van der Waals surface area contributed by atoms with Crippen LogP contribution < -0.4 is 0 Å². The molecule has 0 aromatic heterocycles. The molecule has 0 aliphatic rings. The van der Waals surface area contributed by atoms with Gasteiger partial charge in [-0.2, -0.15) is 0 Å². The van der Waals surface area contributed by atoms with Crippen LogP contribution in [-0.2, 0) is 4.74 Å². The zero-order valence-electron chi connectivity index (χ0n) is 13.6. The lowest BCUT2D eigenvalue weighted by Gasteiger charge is -2.15. The molecule has 3 nitrogen and oxygen atoms in total. The van der Waals surface area contributed by atoms with Gasteiger partial charge in [0.15, 0.2) is 0 Å². The molecule has 0 aromatic rings. The average molecular weight is 288 g/mol. The van der Waals surface area contributed by atoms with Crippen LogP contribution in [0.25, 0.3) is 0 Å². The van der Waals surface area contributed by atoms with Gasteiger partial charge >= 0.3 is 0 Å². The molecule has 0 aromatic carbocycles. The molecule has 2 atom stereocenters. The quantitative estimate of drug-likeness (QED) is 0.447. The average Bonchev–Trinajstić information content (AvgIpc) is 2.46. The Labute approximate surface area is 125 Å². The molecule has 2 unspecified atom stereocenters. The first kappa shape index (κ1) is 19.9. The maximum atomic E-state index is 9.18. The lowest BCUT2D eigenvalue weighted by molar-refractivity contribution is -0.0254. The summed E-state index contributed by atoms with van der Waals surface area (Å²) >= 11 is 0. The first-order valence-corrected chi connectivity index (χ1v) is 8.61. The van der Waals surface area contributed by atoms with Crippen molar-refractivity contribution in [3.8, 4) is 0 Å². The van der Waals surface area contributed by atoms with E-state index < -0.39 is 6.10 Å². The van der Waals surface area contributed by atoms with Gasteiger partial charge in [0.25, 0.3) is 0 Å². The second kappa shape index (κ2) is 15.3. The third-order valence-corrected chi connectivity index (χ3v) is 3.75. The van der Waals surface area contributed by atoms with Crippen molar-refractivity contribution >= 4 is 0 Å². The van der Waals surface area contributed by atoms with Crippen molar-refractivity contribution < 1.29 is 14.9 Å². The highest BCUT2D eigenvalue weighted by atomic mass is 16.5. The van der Waals surface area contributed by atoms with Crippen molar-refractivity contribution in [3.63, 3.8) is 0 Å². The molecule has 0 amide bonds. The Bertz CT molecular complexity index is 185. The van der Waals surface area contributed by atoms with Crippen molar-refractivity contribution in [2.75, 3.05) is 13.2 Å². The molecule has 0 saturated carbocycles. The van der Waals surface area contributed by atoms with E-state index in [4.69, 9.17) is 9.84 Å². The molecule has 0 rings (SSSR count). The number of aliphatic hydroxyl groups excluding tert-OH is 2. The molecule has 0 bridgehead atoms. The van der Waals surface area contributed by atoms with Gasteiger partial charge in [-0.05, 0) is 13.3 Å². The van der Waals surface area contributed by atoms with E-state index in [0.29, 0.717) is 0 Å². The van der Waals surface area contributed by atoms with Gasteiger partial charge in [0.1, 0.15) is 6.10 Å². The van der Waals surface area contributed by atoms with E-state index in [9.17, 15) is 5.11 Å². The van der Waals surface area contributed by atoms with Gasteiger partial charge < -0.3 is 14.9 Å². The summed E-state index contributed by atoms with van der Waals surface area (Å²) in [5.74, 6) is 0. The van der Waals surface area contributed by atoms with Gasteiger partial charge in [-0.15, -0.1) is 0 Å². The van der Waals surface area contributed by atoms with Crippen LogP contribution in [0.4, 0.5) is 0 Å². The van der Waals surface area contributed by atoms with Crippen LogP contribution in [0.15, 0.2) is 0 Å². The van der Waals surface area contributed by atoms with Crippen molar-refractivity contribution in [3.05, 3.63) is 0 Å². The zero-order valence-corrected chi connectivity index (χ0v) is 13.6. The van der Waals surface area contributed by atoms with Crippen LogP contribution in [0.3, 0.4) is 0 Å². The fourth-order valence-corrected chi connectivity index (χ4v) is 2.33. The van der Waals surface area contributed by atoms with Crippen LogP contribution in [0, 0.1) is 0 Å². The van der Waals surface area contributed by atoms with Gasteiger partial charge in [-0.3, -0.25) is 0 Å². The van der Waals surface area contributed by atoms with Crippen LogP contribution in [0.1, 0.15) is 84.5 Å². The predicted octanol–water partition coefficient (Wildman–Crippen LogP) is 4.06. The summed E-state index contributed by atoms with van der Waals surface area (Å²) in [6.45, 7) is 4.33. The lowest BCUT2D eigenvalue weighted by Crippen LogP contribution is -2.22. The minimum Gasteiger partial charge on any atom is -0.394 e. The van der Waals surface area contributed by atoms with E-state index >= 15 is 0 Å². The van der Waals surface area contributed by atoms with Gasteiger partial charge in [0.2, 0.25) is 0 Å². The summed E-state index contributed by atoms with van der Waals surface area (Å²) in [4.78, 5) is 0. The molecule has 0 aliphatic heterocycles. The molecule has 0 fully saturated rings. The number of unbranched alkanes of at least 4 members (excludes halogenated alkanes) is 9. The molecule has 122 valence electrons. The molecule has 0 heterocycles. The van der Waals surface area contributed by atoms with Gasteiger partial charge in [-0.1, -0.05) is 71.1 Å². The molecule has 3 heteroatoms. The molecule has 0 aliphatic carbocycles. The summed E-state index contributed by atoms with van der Waals surface area (Å²) in [5, 5.41) is 17.9. The number of ether oxygens (including phenoxy) is 1. The fourth-order valence-electron chi connectivity index (χ4n) is 2.33. The summed E-state index contributed by atoms with van der Waals surface area (Å²) in [6, 6.07) is 0. The van der Waals surface area contributed by atoms with E-state index in [2.05, 4.69) is 6.92 Å². The second-order valence-electron chi connectivity index (χ2n) is 5.95. The molecular weight excluding hydrogens is 252 g/mol. The maximum Gasteiger partial charge on any atom is 0.100 e. The predicted molar refractivity (Wildman–Crippen MR) is 85.0 cm³/mol. The minimum absolute atomic E-state index is 0.185. The first-order chi connectivity index (χ1) is 9.70. The van der Waals surface area contributed by atoms with Gasteiger partial charge in [0, 0.05) is 0 Å². The second-order valence-corrected chi connectivity index (χ2v) is 5.95. The largest absolute Gasteiger partial charge is 0.394 e. The van der Waals surface area contributed by atoms with E-state index in [1.807, 2.05) is 6.92 Å². The SMILES string of the molecule is CCCCCCCCCCCCC(C)OCC(O)CO. The molecular formula is C17H36O3. The standard InChI is InChI=1S/C17H36O3/c1-3-4-5-6-7-8-9-10-11-12-13-16(2)20-15-17(19)14-18/h16-19H,3-15H2,1-2H3. The summed E-state index contributed by atoms with van der Waals surface area (Å²) in [5.41, 5.74) is 0. The molecule has 0 saturated heterocycles. The molecule has 2 N–H and O–H groups in total. The number of hydrogen-bond acceptors (Lipinski definition) is 3. The van der Waals surface area contributed by atoms with E-state index in [1.165, 1.54) is 64.2 Å². The van der Waals surface area contributed by atoms with E-state index in [-0.39, 0.29) is 19.3 Å². The monoisotopic (exact) mass is 288 g/mol. The summed E-state index contributed by atoms with van der Waals surface area (Å²) in [6.07, 6.45) is 14.0. The smallest absolute Gasteiger partial charge is 0.100 e. The third-order valence-electron chi connectivity index (χ3n) is 3.75. The Kier molecular flexibility index (Phi) is 15.2. The molecule has 0 radical (unpaired) electrons. The summed E-state index contributed by atoms with van der Waals surface area (Å²) in [7, 11) is 0. The highest BCUT2D eigenvalue weighted by molar-refractivity contribution is 4.56. The number of aliphatic hydroxyl groups is 2. The number of hydrogen-bond donors (Lipinski definition) is 2. The Balaban J connectivity index is 3.15. The Morgan fingerprint density at radius 2 is 1.35 bits per heavy atom. The van der Waals surface area contributed by atoms with Crippen LogP contribution in [0.5, 0.6) is 0 Å². The normalized spacial score (nSPS) is 14.4. The Hall–Kier alpha value is -0.120. The van der Waals surface area contributed by atoms with Crippen LogP contribution in [0.2, 0.25) is 0 Å². The first-order valence-electron chi connectivity index (χ1n) is 8.61. The van der Waals surface area contributed by atoms with Crippen LogP contribution in [-0.4, -0.2) is 35.6 Å². The Morgan fingerprint density at radius 3 is 1.85 bits per heavy atom. The third kappa shape index (κ3) is 14.3. The molecule has 0 spiro atoms. The van der Waals surface area contributed by atoms with Crippen molar-refractivity contribution in [1.29, 1.82) is 0 Å². The highest BCUT2D eigenvalue weighted by Gasteiger charge is 2.06. The van der Waals surface area contributed by atoms with Crippen molar-refractivity contribution in [2.24, 2.45) is 0 Å². The maximum absolute atomic E-state index is 9.18. The number of rotatable bonds is 15. The minimum atomic E-state index is -0.731. The van der Waals surface area contributed by atoms with E-state index in [0.717, 1.165) is 6.42 Å². The molecule has 20 heavy (non-hydrogen) atoms.